The number of methoxy groups -OCH3 is 1. The zero-order chi connectivity index (χ0) is 23.2. The van der Waals surface area contributed by atoms with Crippen LogP contribution in [-0.4, -0.2) is 61.0 Å². The van der Waals surface area contributed by atoms with Crippen molar-refractivity contribution in [1.82, 2.24) is 14.1 Å². The molecular formula is C22H29FN6O3. The lowest BCUT2D eigenvalue weighted by atomic mass is 9.89. The van der Waals surface area contributed by atoms with E-state index < -0.39 is 17.1 Å². The van der Waals surface area contributed by atoms with E-state index in [0.29, 0.717) is 36.4 Å². The van der Waals surface area contributed by atoms with Crippen LogP contribution in [-0.2, 0) is 0 Å². The summed E-state index contributed by atoms with van der Waals surface area (Å²) in [5, 5.41) is 0.0398. The standard InChI is InChI=1S/C22H29FN6O3/c1-22(12-26(3)10-8-25-2)7-9-27(13-22)18-16(23)11-15-17(19(18)32-4)28(14-5-6-14)21(31)29(24)20(15)30/h11,14H,5-10,12-13,24H2,1,3-4H3. The second-order valence-electron chi connectivity index (χ2n) is 9.30. The minimum absolute atomic E-state index is 0.0398. The topological polar surface area (TPSA) is 90.1 Å². The van der Waals surface area contributed by atoms with Crippen LogP contribution in [0.3, 0.4) is 0 Å². The van der Waals surface area contributed by atoms with Gasteiger partial charge in [-0.15, -0.1) is 0 Å². The number of hydrogen-bond acceptors (Lipinski definition) is 6. The third-order valence-electron chi connectivity index (χ3n) is 6.52. The predicted octanol–water partition coefficient (Wildman–Crippen LogP) is 1.43. The number of hydrogen-bond donors (Lipinski definition) is 1. The smallest absolute Gasteiger partial charge is 0.350 e. The highest BCUT2D eigenvalue weighted by Crippen LogP contribution is 2.45. The van der Waals surface area contributed by atoms with Crippen molar-refractivity contribution in [2.45, 2.75) is 32.2 Å². The van der Waals surface area contributed by atoms with Crippen LogP contribution in [0, 0.1) is 17.8 Å². The molecule has 4 rings (SSSR count). The second kappa shape index (κ2) is 8.13. The van der Waals surface area contributed by atoms with E-state index in [1.807, 2.05) is 11.9 Å². The average molecular weight is 445 g/mol. The van der Waals surface area contributed by atoms with Crippen LogP contribution in [0.5, 0.6) is 5.75 Å². The molecule has 1 saturated carbocycles. The fourth-order valence-electron chi connectivity index (χ4n) is 4.89. The highest BCUT2D eigenvalue weighted by Gasteiger charge is 2.38. The molecule has 32 heavy (non-hydrogen) atoms. The fourth-order valence-corrected chi connectivity index (χ4v) is 4.89. The minimum Gasteiger partial charge on any atom is -0.492 e. The van der Waals surface area contributed by atoms with Crippen LogP contribution in [0.15, 0.2) is 15.7 Å². The summed E-state index contributed by atoms with van der Waals surface area (Å²) in [5.74, 6) is 5.34. The zero-order valence-electron chi connectivity index (χ0n) is 18.7. The molecule has 0 bridgehead atoms. The lowest BCUT2D eigenvalue weighted by Crippen LogP contribution is -2.44. The van der Waals surface area contributed by atoms with E-state index in [-0.39, 0.29) is 28.3 Å². The van der Waals surface area contributed by atoms with Crippen molar-refractivity contribution in [3.8, 4) is 5.75 Å². The van der Waals surface area contributed by atoms with Crippen molar-refractivity contribution in [2.75, 3.05) is 57.6 Å². The molecule has 1 aromatic carbocycles. The molecule has 2 N–H and O–H groups in total. The van der Waals surface area contributed by atoms with Gasteiger partial charge in [0.25, 0.3) is 5.56 Å². The highest BCUT2D eigenvalue weighted by atomic mass is 19.1. The molecule has 1 saturated heterocycles. The van der Waals surface area contributed by atoms with Crippen molar-refractivity contribution < 1.29 is 9.13 Å². The number of ether oxygens (including phenoxy) is 1. The van der Waals surface area contributed by atoms with Gasteiger partial charge in [-0.2, -0.15) is 4.68 Å². The Bertz CT molecular complexity index is 1210. The molecule has 172 valence electrons. The maximum Gasteiger partial charge on any atom is 0.350 e. The molecule has 1 aromatic heterocycles. The normalized spacial score (nSPS) is 20.8. The summed E-state index contributed by atoms with van der Waals surface area (Å²) in [7, 11) is 3.42. The van der Waals surface area contributed by atoms with Gasteiger partial charge in [0.15, 0.2) is 11.6 Å². The molecule has 2 aliphatic rings. The number of halogens is 1. The first-order chi connectivity index (χ1) is 15.2. The van der Waals surface area contributed by atoms with Gasteiger partial charge < -0.3 is 20.3 Å². The number of nitrogen functional groups attached to an aromatic ring is 1. The lowest BCUT2D eigenvalue weighted by molar-refractivity contribution is 0.217. The lowest BCUT2D eigenvalue weighted by Gasteiger charge is -2.30. The van der Waals surface area contributed by atoms with Gasteiger partial charge in [-0.05, 0) is 37.8 Å². The van der Waals surface area contributed by atoms with Crippen molar-refractivity contribution >= 4 is 16.6 Å². The molecule has 2 fully saturated rings. The van der Waals surface area contributed by atoms with Crippen molar-refractivity contribution in [3.05, 3.63) is 44.1 Å². The number of benzene rings is 1. The van der Waals surface area contributed by atoms with Gasteiger partial charge in [0.05, 0.1) is 19.0 Å². The largest absolute Gasteiger partial charge is 0.492 e. The van der Waals surface area contributed by atoms with Crippen LogP contribution in [0.2, 0.25) is 0 Å². The average Bonchev–Trinajstić information content (AvgIpc) is 3.52. The zero-order valence-corrected chi connectivity index (χ0v) is 18.7. The molecule has 1 unspecified atom stereocenters. The van der Waals surface area contributed by atoms with E-state index in [2.05, 4.69) is 16.7 Å². The van der Waals surface area contributed by atoms with Crippen LogP contribution < -0.4 is 26.7 Å². The van der Waals surface area contributed by atoms with E-state index in [9.17, 15) is 9.59 Å². The van der Waals surface area contributed by atoms with E-state index in [4.69, 9.17) is 17.2 Å². The molecule has 1 aliphatic carbocycles. The number of nitrogens with two attached hydrogens (primary N) is 1. The number of anilines is 1. The molecule has 1 aliphatic heterocycles. The summed E-state index contributed by atoms with van der Waals surface area (Å²) in [5.41, 5.74) is -0.867. The Hall–Kier alpha value is -3.06. The summed E-state index contributed by atoms with van der Waals surface area (Å²) >= 11 is 0. The summed E-state index contributed by atoms with van der Waals surface area (Å²) in [6.45, 7) is 12.3. The van der Waals surface area contributed by atoms with Crippen molar-refractivity contribution in [1.29, 1.82) is 0 Å². The van der Waals surface area contributed by atoms with Gasteiger partial charge in [0.1, 0.15) is 11.2 Å². The first-order valence-corrected chi connectivity index (χ1v) is 10.8. The van der Waals surface area contributed by atoms with Crippen LogP contribution in [0.1, 0.15) is 32.2 Å². The summed E-state index contributed by atoms with van der Waals surface area (Å²) in [6, 6.07) is 1.10. The number of fused-ring (bicyclic) bond motifs is 1. The minimum atomic E-state index is -0.738. The van der Waals surface area contributed by atoms with Crippen LogP contribution in [0.25, 0.3) is 15.7 Å². The molecule has 0 spiro atoms. The molecule has 0 radical (unpaired) electrons. The number of rotatable bonds is 7. The van der Waals surface area contributed by atoms with E-state index in [0.717, 1.165) is 25.8 Å². The molecule has 2 heterocycles. The third-order valence-corrected chi connectivity index (χ3v) is 6.52. The Morgan fingerprint density at radius 3 is 2.75 bits per heavy atom. The van der Waals surface area contributed by atoms with Crippen LogP contribution >= 0.6 is 0 Å². The summed E-state index contributed by atoms with van der Waals surface area (Å²) < 4.78 is 23.1. The Morgan fingerprint density at radius 2 is 2.12 bits per heavy atom. The van der Waals surface area contributed by atoms with Gasteiger partial charge >= 0.3 is 5.69 Å². The maximum atomic E-state index is 15.4. The second-order valence-corrected chi connectivity index (χ2v) is 9.30. The monoisotopic (exact) mass is 444 g/mol. The summed E-state index contributed by atoms with van der Waals surface area (Å²) in [6.07, 6.45) is 2.43. The fraction of sp³-hybridized carbons (Fsp3) is 0.591. The van der Waals surface area contributed by atoms with Gasteiger partial charge in [0, 0.05) is 25.7 Å². The predicted molar refractivity (Wildman–Crippen MR) is 121 cm³/mol. The van der Waals surface area contributed by atoms with E-state index >= 15 is 4.39 Å². The first kappa shape index (κ1) is 22.1. The van der Waals surface area contributed by atoms with Gasteiger partial charge in [-0.25, -0.2) is 15.8 Å². The number of nitrogens with zero attached hydrogens (tertiary/aromatic N) is 5. The molecule has 1 atom stereocenters. The Morgan fingerprint density at radius 1 is 1.41 bits per heavy atom. The molecular weight excluding hydrogens is 415 g/mol. The van der Waals surface area contributed by atoms with Gasteiger partial charge in [0.2, 0.25) is 6.54 Å². The first-order valence-electron chi connectivity index (χ1n) is 10.8. The Labute approximate surface area is 185 Å². The Kier molecular flexibility index (Phi) is 5.63. The molecule has 2 aromatic rings. The SMILES string of the molecule is [C-]#[N+]CCN(C)CC1(C)CCN(c2c(F)cc3c(=O)n(N)c(=O)n(C4CC4)c3c2OC)C1. The van der Waals surface area contributed by atoms with E-state index in [1.165, 1.54) is 17.7 Å². The van der Waals surface area contributed by atoms with Crippen molar-refractivity contribution in [2.24, 2.45) is 5.41 Å². The highest BCUT2D eigenvalue weighted by molar-refractivity contribution is 5.91. The van der Waals surface area contributed by atoms with Gasteiger partial charge in [-0.3, -0.25) is 14.3 Å². The van der Waals surface area contributed by atoms with Crippen LogP contribution in [0.4, 0.5) is 10.1 Å². The Balaban J connectivity index is 1.79. The molecule has 9 nitrogen and oxygen atoms in total. The van der Waals surface area contributed by atoms with Gasteiger partial charge in [-0.1, -0.05) is 6.92 Å². The quantitative estimate of drug-likeness (QED) is 0.513. The number of likely N-dealkylation sites (N-methyl/N-ethyl adjacent to an activating group) is 1. The van der Waals surface area contributed by atoms with Crippen molar-refractivity contribution in [3.63, 3.8) is 0 Å². The molecule has 0 amide bonds. The summed E-state index contributed by atoms with van der Waals surface area (Å²) in [4.78, 5) is 32.9. The van der Waals surface area contributed by atoms with E-state index in [1.54, 1.807) is 0 Å². The third kappa shape index (κ3) is 3.71. The number of aromatic nitrogens is 2. The maximum absolute atomic E-state index is 15.4. The molecule has 10 heteroatoms.